The molecule has 0 radical (unpaired) electrons. The van der Waals surface area contributed by atoms with Crippen molar-refractivity contribution in [2.75, 3.05) is 25.5 Å². The molecule has 32 heavy (non-hydrogen) atoms. The van der Waals surface area contributed by atoms with Gasteiger partial charge in [-0.05, 0) is 31.0 Å². The summed E-state index contributed by atoms with van der Waals surface area (Å²) in [5.74, 6) is 0.356. The summed E-state index contributed by atoms with van der Waals surface area (Å²) in [6, 6.07) is 10.4. The molecule has 170 valence electrons. The van der Waals surface area contributed by atoms with Crippen LogP contribution in [0.25, 0.3) is 10.9 Å². The maximum Gasteiger partial charge on any atom is 0.251 e. The summed E-state index contributed by atoms with van der Waals surface area (Å²) >= 11 is 0. The summed E-state index contributed by atoms with van der Waals surface area (Å²) in [6.45, 7) is 0.603. The number of carbonyl (C=O) groups is 2. The molecule has 2 aromatic rings. The van der Waals surface area contributed by atoms with Crippen LogP contribution in [-0.4, -0.2) is 65.8 Å². The zero-order valence-corrected chi connectivity index (χ0v) is 18.0. The number of hydrogen-bond donors (Lipinski definition) is 5. The molecule has 1 unspecified atom stereocenters. The fourth-order valence-electron chi connectivity index (χ4n) is 3.33. The van der Waals surface area contributed by atoms with Gasteiger partial charge in [0.25, 0.3) is 5.91 Å². The number of nitrogens with zero attached hydrogens (tertiary/aromatic N) is 4. The Balaban J connectivity index is 1.53. The zero-order chi connectivity index (χ0) is 23.1. The number of aromatic nitrogens is 1. The quantitative estimate of drug-likeness (QED) is 0.213. The maximum atomic E-state index is 12.6. The van der Waals surface area contributed by atoms with Gasteiger partial charge < -0.3 is 27.4 Å². The summed E-state index contributed by atoms with van der Waals surface area (Å²) in [6.07, 6.45) is 1.39. The van der Waals surface area contributed by atoms with Gasteiger partial charge in [-0.15, -0.1) is 0 Å². The number of guanidine groups is 2. The summed E-state index contributed by atoms with van der Waals surface area (Å²) in [7, 11) is 1.58. The Bertz CT molecular complexity index is 1030. The predicted molar refractivity (Wildman–Crippen MR) is 125 cm³/mol. The average molecular weight is 440 g/mol. The molecule has 1 aliphatic heterocycles. The second-order valence-corrected chi connectivity index (χ2v) is 7.63. The van der Waals surface area contributed by atoms with E-state index in [0.29, 0.717) is 31.2 Å². The van der Waals surface area contributed by atoms with Crippen molar-refractivity contribution in [3.63, 3.8) is 0 Å². The molecule has 0 saturated carbocycles. The molecule has 0 spiro atoms. The molecule has 2 amide bonds. The minimum absolute atomic E-state index is 0.0310. The Kier molecular flexibility index (Phi) is 7.55. The Hall–Kier alpha value is -3.73. The number of fused-ring (bicyclic) bond motifs is 1. The fourth-order valence-corrected chi connectivity index (χ4v) is 3.33. The van der Waals surface area contributed by atoms with E-state index in [4.69, 9.17) is 17.2 Å². The fraction of sp³-hybridized carbons (Fsp3) is 0.381. The minimum atomic E-state index is -0.702. The van der Waals surface area contributed by atoms with Crippen LogP contribution in [0.1, 0.15) is 19.3 Å². The summed E-state index contributed by atoms with van der Waals surface area (Å²) < 4.78 is 0. The van der Waals surface area contributed by atoms with E-state index in [1.54, 1.807) is 7.05 Å². The molecule has 1 aromatic carbocycles. The van der Waals surface area contributed by atoms with Crippen molar-refractivity contribution >= 4 is 40.5 Å². The van der Waals surface area contributed by atoms with Crippen molar-refractivity contribution < 1.29 is 9.59 Å². The molecule has 0 bridgehead atoms. The number of rotatable bonds is 8. The first-order chi connectivity index (χ1) is 15.3. The van der Waals surface area contributed by atoms with E-state index >= 15 is 0 Å². The molecule has 11 nitrogen and oxygen atoms in total. The third kappa shape index (κ3) is 6.14. The lowest BCUT2D eigenvalue weighted by molar-refractivity contribution is -0.138. The lowest BCUT2D eigenvalue weighted by atomic mass is 10.1. The first kappa shape index (κ1) is 22.9. The summed E-state index contributed by atoms with van der Waals surface area (Å²) in [4.78, 5) is 39.3. The van der Waals surface area contributed by atoms with Gasteiger partial charge in [-0.3, -0.25) is 19.9 Å². The van der Waals surface area contributed by atoms with E-state index in [9.17, 15) is 9.59 Å². The van der Waals surface area contributed by atoms with Crippen molar-refractivity contribution in [3.05, 3.63) is 36.4 Å². The number of benzene rings is 1. The van der Waals surface area contributed by atoms with Gasteiger partial charge in [-0.1, -0.05) is 18.2 Å². The SMILES string of the molecule is CN(C(=O)C[C@@H](N)CCCN=C(N)N)C1CN=C(Nc2ccc3ccccc3n2)NC1=O. The molecule has 11 heteroatoms. The number of likely N-dealkylation sites (N-methyl/N-ethyl adjacent to an activating group) is 1. The predicted octanol–water partition coefficient (Wildman–Crippen LogP) is -0.269. The van der Waals surface area contributed by atoms with Crippen LogP contribution in [0.3, 0.4) is 0 Å². The molecular formula is C21H29N9O2. The average Bonchev–Trinajstić information content (AvgIpc) is 2.76. The molecular weight excluding hydrogens is 410 g/mol. The van der Waals surface area contributed by atoms with Crippen LogP contribution in [0.4, 0.5) is 5.82 Å². The molecule has 3 rings (SSSR count). The molecule has 0 fully saturated rings. The number of nitrogens with two attached hydrogens (primary N) is 3. The molecule has 0 saturated heterocycles. The first-order valence-electron chi connectivity index (χ1n) is 10.4. The number of amides is 2. The van der Waals surface area contributed by atoms with Gasteiger partial charge in [0.2, 0.25) is 11.9 Å². The van der Waals surface area contributed by atoms with Gasteiger partial charge in [-0.25, -0.2) is 9.98 Å². The lowest BCUT2D eigenvalue weighted by Gasteiger charge is -2.30. The summed E-state index contributed by atoms with van der Waals surface area (Å²) in [5, 5.41) is 6.73. The first-order valence-corrected chi connectivity index (χ1v) is 10.4. The van der Waals surface area contributed by atoms with Crippen LogP contribution >= 0.6 is 0 Å². The Morgan fingerprint density at radius 3 is 2.84 bits per heavy atom. The van der Waals surface area contributed by atoms with Gasteiger partial charge in [0, 0.05) is 31.4 Å². The topological polar surface area (TPSA) is 177 Å². The maximum absolute atomic E-state index is 12.6. The van der Waals surface area contributed by atoms with Crippen LogP contribution in [0.15, 0.2) is 46.4 Å². The van der Waals surface area contributed by atoms with Crippen molar-refractivity contribution in [3.8, 4) is 0 Å². The number of para-hydroxylation sites is 1. The summed E-state index contributed by atoms with van der Waals surface area (Å²) in [5.41, 5.74) is 17.4. The molecule has 2 heterocycles. The van der Waals surface area contributed by atoms with Crippen LogP contribution in [0.2, 0.25) is 0 Å². The number of carbonyl (C=O) groups excluding carboxylic acids is 2. The van der Waals surface area contributed by atoms with E-state index < -0.39 is 6.04 Å². The highest BCUT2D eigenvalue weighted by molar-refractivity contribution is 6.08. The highest BCUT2D eigenvalue weighted by Crippen LogP contribution is 2.15. The van der Waals surface area contributed by atoms with Crippen molar-refractivity contribution in [2.45, 2.75) is 31.3 Å². The highest BCUT2D eigenvalue weighted by Gasteiger charge is 2.31. The third-order valence-electron chi connectivity index (χ3n) is 5.14. The number of aliphatic imine (C=N–C) groups is 2. The molecule has 8 N–H and O–H groups in total. The number of anilines is 1. The second-order valence-electron chi connectivity index (χ2n) is 7.63. The van der Waals surface area contributed by atoms with Gasteiger partial charge in [0.15, 0.2) is 5.96 Å². The van der Waals surface area contributed by atoms with Gasteiger partial charge in [-0.2, -0.15) is 0 Å². The van der Waals surface area contributed by atoms with E-state index in [1.165, 1.54) is 4.90 Å². The van der Waals surface area contributed by atoms with E-state index in [2.05, 4.69) is 25.6 Å². The van der Waals surface area contributed by atoms with Gasteiger partial charge >= 0.3 is 0 Å². The molecule has 2 atom stereocenters. The minimum Gasteiger partial charge on any atom is -0.370 e. The number of pyridine rings is 1. The number of hydrogen-bond acceptors (Lipinski definition) is 7. The largest absolute Gasteiger partial charge is 0.370 e. The Labute approximate surface area is 186 Å². The zero-order valence-electron chi connectivity index (χ0n) is 18.0. The second kappa shape index (κ2) is 10.5. The lowest BCUT2D eigenvalue weighted by Crippen LogP contribution is -2.55. The monoisotopic (exact) mass is 439 g/mol. The molecule has 1 aromatic heterocycles. The van der Waals surface area contributed by atoms with Crippen LogP contribution in [-0.2, 0) is 9.59 Å². The van der Waals surface area contributed by atoms with Crippen LogP contribution in [0, 0.1) is 0 Å². The smallest absolute Gasteiger partial charge is 0.251 e. The standard InChI is InChI=1S/C21H29N9O2/c1-30(18(31)11-14(22)6-4-10-25-20(23)24)16-12-26-21(29-19(16)32)28-17-9-8-13-5-2-3-7-15(13)27-17/h2-3,5,7-9,14,16H,4,6,10-12,22H2,1H3,(H4,23,24,25)(H2,26,27,28,29,32)/t14-,16?/m0/s1. The third-order valence-corrected chi connectivity index (χ3v) is 5.14. The normalized spacial score (nSPS) is 16.6. The van der Waals surface area contributed by atoms with Crippen molar-refractivity contribution in [2.24, 2.45) is 27.2 Å². The number of nitrogens with one attached hydrogen (secondary N) is 2. The molecule has 1 aliphatic rings. The van der Waals surface area contributed by atoms with Crippen molar-refractivity contribution in [1.29, 1.82) is 0 Å². The van der Waals surface area contributed by atoms with E-state index in [-0.39, 0.29) is 36.8 Å². The van der Waals surface area contributed by atoms with Crippen molar-refractivity contribution in [1.82, 2.24) is 15.2 Å². The van der Waals surface area contributed by atoms with Gasteiger partial charge in [0.1, 0.15) is 11.9 Å². The Morgan fingerprint density at radius 1 is 1.31 bits per heavy atom. The van der Waals surface area contributed by atoms with E-state index in [0.717, 1.165) is 10.9 Å². The highest BCUT2D eigenvalue weighted by atomic mass is 16.2. The van der Waals surface area contributed by atoms with Crippen LogP contribution in [0.5, 0.6) is 0 Å². The van der Waals surface area contributed by atoms with E-state index in [1.807, 2.05) is 36.4 Å². The van der Waals surface area contributed by atoms with Crippen LogP contribution < -0.4 is 27.8 Å². The Morgan fingerprint density at radius 2 is 2.09 bits per heavy atom. The van der Waals surface area contributed by atoms with Gasteiger partial charge in [0.05, 0.1) is 12.1 Å². The molecule has 0 aliphatic carbocycles.